The molecule has 0 aliphatic carbocycles. The summed E-state index contributed by atoms with van der Waals surface area (Å²) in [5.74, 6) is 1.70. The van der Waals surface area contributed by atoms with Crippen LogP contribution < -0.4 is 9.64 Å². The van der Waals surface area contributed by atoms with Crippen molar-refractivity contribution in [3.8, 4) is 5.75 Å². The third kappa shape index (κ3) is 2.76. The molecule has 2 heterocycles. The molecule has 7 nitrogen and oxygen atoms in total. The predicted octanol–water partition coefficient (Wildman–Crippen LogP) is 1.55. The van der Waals surface area contributed by atoms with Gasteiger partial charge in [-0.2, -0.15) is 0 Å². The molecule has 0 amide bonds. The number of fused-ring (bicyclic) bond motifs is 1. The fraction of sp³-hybridized carbons (Fsp3) is 0.286. The normalized spacial score (nSPS) is 10.8. The van der Waals surface area contributed by atoms with Gasteiger partial charge in [-0.15, -0.1) is 14.8 Å². The van der Waals surface area contributed by atoms with Gasteiger partial charge in [-0.25, -0.2) is 0 Å². The van der Waals surface area contributed by atoms with Crippen molar-refractivity contribution >= 4 is 11.5 Å². The molecule has 21 heavy (non-hydrogen) atoms. The minimum Gasteiger partial charge on any atom is -0.497 e. The van der Waals surface area contributed by atoms with Crippen LogP contribution in [0.4, 0.5) is 5.82 Å². The van der Waals surface area contributed by atoms with E-state index in [1.165, 1.54) is 10.2 Å². The summed E-state index contributed by atoms with van der Waals surface area (Å²) in [4.78, 5) is 2.16. The first-order valence-corrected chi connectivity index (χ1v) is 6.73. The molecule has 0 saturated heterocycles. The largest absolute Gasteiger partial charge is 0.497 e. The van der Waals surface area contributed by atoms with Crippen molar-refractivity contribution in [1.29, 1.82) is 0 Å². The second kappa shape index (κ2) is 5.74. The van der Waals surface area contributed by atoms with Gasteiger partial charge in [0.15, 0.2) is 11.5 Å². The number of anilines is 1. The van der Waals surface area contributed by atoms with Gasteiger partial charge in [0.2, 0.25) is 0 Å². The predicted molar refractivity (Wildman–Crippen MR) is 78.3 cm³/mol. The topological polar surface area (TPSA) is 68.4 Å². The number of aromatic nitrogens is 5. The van der Waals surface area contributed by atoms with Crippen molar-refractivity contribution in [2.24, 2.45) is 0 Å². The lowest BCUT2D eigenvalue weighted by atomic mass is 10.2. The smallest absolute Gasteiger partial charge is 0.200 e. The zero-order valence-corrected chi connectivity index (χ0v) is 12.0. The van der Waals surface area contributed by atoms with Crippen LogP contribution in [-0.2, 0) is 6.54 Å². The van der Waals surface area contributed by atoms with Gasteiger partial charge < -0.3 is 9.64 Å². The first-order chi connectivity index (χ1) is 10.3. The molecule has 0 aliphatic rings. The van der Waals surface area contributed by atoms with Crippen LogP contribution in [0.1, 0.15) is 12.5 Å². The first kappa shape index (κ1) is 13.3. The SMILES string of the molecule is CCN(Cc1ccc(OC)cc1)c1ccc2nnnn2n1. The zero-order chi connectivity index (χ0) is 14.7. The molecule has 0 fully saturated rings. The van der Waals surface area contributed by atoms with E-state index in [9.17, 15) is 0 Å². The Morgan fingerprint density at radius 2 is 1.95 bits per heavy atom. The van der Waals surface area contributed by atoms with Gasteiger partial charge in [-0.05, 0) is 47.2 Å². The van der Waals surface area contributed by atoms with Gasteiger partial charge in [0.25, 0.3) is 0 Å². The van der Waals surface area contributed by atoms with E-state index in [-0.39, 0.29) is 0 Å². The van der Waals surface area contributed by atoms with E-state index in [0.29, 0.717) is 5.65 Å². The van der Waals surface area contributed by atoms with Crippen molar-refractivity contribution < 1.29 is 4.74 Å². The van der Waals surface area contributed by atoms with E-state index in [2.05, 4.69) is 44.6 Å². The number of benzene rings is 1. The number of tetrazole rings is 1. The molecule has 0 spiro atoms. The Kier molecular flexibility index (Phi) is 3.63. The second-order valence-electron chi connectivity index (χ2n) is 4.58. The van der Waals surface area contributed by atoms with Gasteiger partial charge in [0.1, 0.15) is 5.75 Å². The number of methoxy groups -OCH3 is 1. The second-order valence-corrected chi connectivity index (χ2v) is 4.58. The molecule has 3 aromatic rings. The van der Waals surface area contributed by atoms with Crippen molar-refractivity contribution in [3.05, 3.63) is 42.0 Å². The lowest BCUT2D eigenvalue weighted by Crippen LogP contribution is -2.23. The summed E-state index contributed by atoms with van der Waals surface area (Å²) in [6, 6.07) is 11.8. The van der Waals surface area contributed by atoms with Gasteiger partial charge >= 0.3 is 0 Å². The van der Waals surface area contributed by atoms with Crippen molar-refractivity contribution in [2.75, 3.05) is 18.6 Å². The van der Waals surface area contributed by atoms with Crippen LogP contribution in [0.2, 0.25) is 0 Å². The average Bonchev–Trinajstić information content (AvgIpc) is 3.00. The van der Waals surface area contributed by atoms with Crippen molar-refractivity contribution in [1.82, 2.24) is 25.3 Å². The van der Waals surface area contributed by atoms with E-state index in [1.54, 1.807) is 7.11 Å². The highest BCUT2D eigenvalue weighted by molar-refractivity contribution is 5.45. The summed E-state index contributed by atoms with van der Waals surface area (Å²) in [6.45, 7) is 3.70. The van der Waals surface area contributed by atoms with Crippen LogP contribution >= 0.6 is 0 Å². The Bertz CT molecular complexity index is 724. The number of hydrogen-bond acceptors (Lipinski definition) is 6. The average molecular weight is 284 g/mol. The van der Waals surface area contributed by atoms with Crippen molar-refractivity contribution in [2.45, 2.75) is 13.5 Å². The molecule has 0 bridgehead atoms. The van der Waals surface area contributed by atoms with Gasteiger partial charge in [-0.1, -0.05) is 12.1 Å². The van der Waals surface area contributed by atoms with E-state index < -0.39 is 0 Å². The summed E-state index contributed by atoms with van der Waals surface area (Å²) in [7, 11) is 1.67. The standard InChI is InChI=1S/C14H16N6O/c1-3-19(10-11-4-6-12(21-2)7-5-11)14-9-8-13-15-17-18-20(13)16-14/h4-9H,3,10H2,1-2H3. The maximum absolute atomic E-state index is 5.17. The fourth-order valence-corrected chi connectivity index (χ4v) is 2.11. The molecule has 0 saturated carbocycles. The molecule has 0 atom stereocenters. The molecule has 0 unspecified atom stereocenters. The van der Waals surface area contributed by atoms with E-state index in [1.807, 2.05) is 24.3 Å². The third-order valence-corrected chi connectivity index (χ3v) is 3.29. The highest BCUT2D eigenvalue weighted by atomic mass is 16.5. The first-order valence-electron chi connectivity index (χ1n) is 6.73. The maximum Gasteiger partial charge on any atom is 0.200 e. The van der Waals surface area contributed by atoms with Gasteiger partial charge in [0.05, 0.1) is 7.11 Å². The Labute approximate surface area is 122 Å². The minimum atomic E-state index is 0.638. The molecule has 3 rings (SSSR count). The Morgan fingerprint density at radius 1 is 1.14 bits per heavy atom. The number of nitrogens with zero attached hydrogens (tertiary/aromatic N) is 6. The molecule has 1 aromatic carbocycles. The Balaban J connectivity index is 1.82. The molecular formula is C14H16N6O. The molecule has 2 aromatic heterocycles. The summed E-state index contributed by atoms with van der Waals surface area (Å²) in [5, 5.41) is 15.7. The molecule has 0 radical (unpaired) electrons. The lowest BCUT2D eigenvalue weighted by Gasteiger charge is -2.21. The van der Waals surface area contributed by atoms with Crippen LogP contribution in [0, 0.1) is 0 Å². The van der Waals surface area contributed by atoms with Crippen LogP contribution in [0.3, 0.4) is 0 Å². The molecule has 0 aliphatic heterocycles. The molecule has 0 N–H and O–H groups in total. The maximum atomic E-state index is 5.17. The quantitative estimate of drug-likeness (QED) is 0.708. The highest BCUT2D eigenvalue weighted by Crippen LogP contribution is 2.17. The van der Waals surface area contributed by atoms with Gasteiger partial charge in [0, 0.05) is 13.1 Å². The monoisotopic (exact) mass is 284 g/mol. The number of ether oxygens (including phenoxy) is 1. The third-order valence-electron chi connectivity index (χ3n) is 3.29. The summed E-state index contributed by atoms with van der Waals surface area (Å²) < 4.78 is 6.61. The Morgan fingerprint density at radius 3 is 2.67 bits per heavy atom. The molecular weight excluding hydrogens is 268 g/mol. The van der Waals surface area contributed by atoms with E-state index in [0.717, 1.165) is 24.7 Å². The zero-order valence-electron chi connectivity index (χ0n) is 12.0. The van der Waals surface area contributed by atoms with Crippen LogP contribution in [-0.4, -0.2) is 38.9 Å². The van der Waals surface area contributed by atoms with Crippen LogP contribution in [0.25, 0.3) is 5.65 Å². The van der Waals surface area contributed by atoms with E-state index >= 15 is 0 Å². The van der Waals surface area contributed by atoms with E-state index in [4.69, 9.17) is 4.74 Å². The van der Waals surface area contributed by atoms with Crippen LogP contribution in [0.15, 0.2) is 36.4 Å². The molecule has 7 heteroatoms. The van der Waals surface area contributed by atoms with Crippen molar-refractivity contribution in [3.63, 3.8) is 0 Å². The van der Waals surface area contributed by atoms with Crippen LogP contribution in [0.5, 0.6) is 5.75 Å². The summed E-state index contributed by atoms with van der Waals surface area (Å²) >= 11 is 0. The summed E-state index contributed by atoms with van der Waals surface area (Å²) in [6.07, 6.45) is 0. The fourth-order valence-electron chi connectivity index (χ4n) is 2.11. The number of rotatable bonds is 5. The minimum absolute atomic E-state index is 0.638. The summed E-state index contributed by atoms with van der Waals surface area (Å²) in [5.41, 5.74) is 1.83. The Hall–Kier alpha value is -2.70. The number of hydrogen-bond donors (Lipinski definition) is 0. The molecule has 108 valence electrons. The lowest BCUT2D eigenvalue weighted by molar-refractivity contribution is 0.414. The highest BCUT2D eigenvalue weighted by Gasteiger charge is 2.09. The van der Waals surface area contributed by atoms with Gasteiger partial charge in [-0.3, -0.25) is 0 Å².